The van der Waals surface area contributed by atoms with Gasteiger partial charge in [0.15, 0.2) is 0 Å². The van der Waals surface area contributed by atoms with Crippen molar-refractivity contribution in [1.82, 2.24) is 20.8 Å². The molecule has 6 heteroatoms. The molecule has 0 spiro atoms. The highest BCUT2D eigenvalue weighted by Gasteiger charge is 2.10. The Balaban J connectivity index is 2.43. The van der Waals surface area contributed by atoms with E-state index in [9.17, 15) is 9.59 Å². The third kappa shape index (κ3) is 4.26. The Morgan fingerprint density at radius 2 is 2.12 bits per heavy atom. The van der Waals surface area contributed by atoms with Crippen molar-refractivity contribution in [3.05, 3.63) is 17.5 Å². The minimum atomic E-state index is -0.338. The molecule has 0 unspecified atom stereocenters. The van der Waals surface area contributed by atoms with Gasteiger partial charge in [-0.15, -0.1) is 0 Å². The second-order valence-electron chi connectivity index (χ2n) is 3.66. The number of aryl methyl sites for hydroxylation is 1. The van der Waals surface area contributed by atoms with Crippen molar-refractivity contribution in [3.8, 4) is 0 Å². The molecule has 0 aliphatic heterocycles. The summed E-state index contributed by atoms with van der Waals surface area (Å²) >= 11 is 0. The van der Waals surface area contributed by atoms with Crippen LogP contribution in [0.4, 0.5) is 0 Å². The molecule has 0 atom stereocenters. The van der Waals surface area contributed by atoms with E-state index in [4.69, 9.17) is 0 Å². The van der Waals surface area contributed by atoms with Crippen LogP contribution in [0.3, 0.4) is 0 Å². The first kappa shape index (κ1) is 13.2. The molecule has 1 heterocycles. The van der Waals surface area contributed by atoms with Gasteiger partial charge in [0.25, 0.3) is 5.91 Å². The van der Waals surface area contributed by atoms with Crippen LogP contribution in [0.15, 0.2) is 6.07 Å². The van der Waals surface area contributed by atoms with Gasteiger partial charge < -0.3 is 10.6 Å². The van der Waals surface area contributed by atoms with E-state index in [1.807, 2.05) is 6.92 Å². The van der Waals surface area contributed by atoms with Crippen LogP contribution in [0.2, 0.25) is 0 Å². The summed E-state index contributed by atoms with van der Waals surface area (Å²) in [5.74, 6) is -0.542. The third-order valence-corrected chi connectivity index (χ3v) is 2.17. The van der Waals surface area contributed by atoms with Crippen molar-refractivity contribution in [2.45, 2.75) is 26.7 Å². The number of nitrogens with zero attached hydrogens (tertiary/aromatic N) is 1. The van der Waals surface area contributed by atoms with Crippen molar-refractivity contribution >= 4 is 11.8 Å². The lowest BCUT2D eigenvalue weighted by Gasteiger charge is -2.02. The molecular formula is C11H18N4O2. The zero-order valence-electron chi connectivity index (χ0n) is 10.2. The van der Waals surface area contributed by atoms with E-state index in [1.54, 1.807) is 6.07 Å². The van der Waals surface area contributed by atoms with Crippen molar-refractivity contribution in [2.75, 3.05) is 13.1 Å². The first-order chi connectivity index (χ1) is 8.17. The normalized spacial score (nSPS) is 10.0. The standard InChI is InChI=1S/C11H18N4O2/c1-3-5-8-6-9(15-14-8)11(17)13-7-10(16)12-4-2/h6H,3-5,7H2,1-2H3,(H,12,16)(H,13,17)(H,14,15). The predicted octanol–water partition coefficient (Wildman–Crippen LogP) is 0.228. The van der Waals surface area contributed by atoms with Gasteiger partial charge in [0.1, 0.15) is 5.69 Å². The van der Waals surface area contributed by atoms with E-state index in [2.05, 4.69) is 27.8 Å². The lowest BCUT2D eigenvalue weighted by Crippen LogP contribution is -2.36. The highest BCUT2D eigenvalue weighted by molar-refractivity contribution is 5.94. The number of aromatic nitrogens is 2. The van der Waals surface area contributed by atoms with Gasteiger partial charge in [-0.1, -0.05) is 13.3 Å². The van der Waals surface area contributed by atoms with Crippen molar-refractivity contribution in [3.63, 3.8) is 0 Å². The highest BCUT2D eigenvalue weighted by atomic mass is 16.2. The fraction of sp³-hybridized carbons (Fsp3) is 0.545. The molecule has 0 aromatic carbocycles. The molecule has 6 nitrogen and oxygen atoms in total. The molecule has 17 heavy (non-hydrogen) atoms. The maximum absolute atomic E-state index is 11.6. The van der Waals surface area contributed by atoms with Crippen LogP contribution in [-0.2, 0) is 11.2 Å². The number of hydrogen-bond acceptors (Lipinski definition) is 3. The maximum Gasteiger partial charge on any atom is 0.272 e. The van der Waals surface area contributed by atoms with Crippen LogP contribution in [0.5, 0.6) is 0 Å². The van der Waals surface area contributed by atoms with E-state index in [1.165, 1.54) is 0 Å². The summed E-state index contributed by atoms with van der Waals surface area (Å²) in [7, 11) is 0. The molecule has 0 saturated carbocycles. The van der Waals surface area contributed by atoms with E-state index < -0.39 is 0 Å². The SMILES string of the molecule is CCCc1cc(C(=O)NCC(=O)NCC)n[nH]1. The summed E-state index contributed by atoms with van der Waals surface area (Å²) < 4.78 is 0. The topological polar surface area (TPSA) is 86.9 Å². The van der Waals surface area contributed by atoms with Crippen LogP contribution in [-0.4, -0.2) is 35.1 Å². The summed E-state index contributed by atoms with van der Waals surface area (Å²) in [6.07, 6.45) is 1.85. The number of H-pyrrole nitrogens is 1. The van der Waals surface area contributed by atoms with Crippen molar-refractivity contribution in [1.29, 1.82) is 0 Å². The third-order valence-electron chi connectivity index (χ3n) is 2.17. The summed E-state index contributed by atoms with van der Waals surface area (Å²) in [6, 6.07) is 1.70. The number of nitrogens with one attached hydrogen (secondary N) is 3. The summed E-state index contributed by atoms with van der Waals surface area (Å²) in [4.78, 5) is 22.7. The molecule has 0 aliphatic rings. The molecule has 0 radical (unpaired) electrons. The Morgan fingerprint density at radius 1 is 1.35 bits per heavy atom. The van der Waals surface area contributed by atoms with Gasteiger partial charge in [-0.25, -0.2) is 0 Å². The lowest BCUT2D eigenvalue weighted by molar-refractivity contribution is -0.120. The molecular weight excluding hydrogens is 220 g/mol. The minimum absolute atomic E-state index is 0.0252. The molecule has 0 bridgehead atoms. The van der Waals surface area contributed by atoms with Crippen LogP contribution in [0, 0.1) is 0 Å². The molecule has 3 N–H and O–H groups in total. The van der Waals surface area contributed by atoms with Gasteiger partial charge in [0.2, 0.25) is 5.91 Å². The van der Waals surface area contributed by atoms with Gasteiger partial charge in [0, 0.05) is 12.2 Å². The smallest absolute Gasteiger partial charge is 0.272 e. The van der Waals surface area contributed by atoms with Gasteiger partial charge >= 0.3 is 0 Å². The Morgan fingerprint density at radius 3 is 2.76 bits per heavy atom. The number of carbonyl (C=O) groups excluding carboxylic acids is 2. The Hall–Kier alpha value is -1.85. The molecule has 94 valence electrons. The molecule has 0 fully saturated rings. The number of hydrogen-bond donors (Lipinski definition) is 3. The zero-order chi connectivity index (χ0) is 12.7. The summed E-state index contributed by atoms with van der Waals surface area (Å²) in [6.45, 7) is 4.40. The van der Waals surface area contributed by atoms with E-state index in [0.29, 0.717) is 12.2 Å². The first-order valence-corrected chi connectivity index (χ1v) is 5.76. The van der Waals surface area contributed by atoms with Crippen molar-refractivity contribution in [2.24, 2.45) is 0 Å². The van der Waals surface area contributed by atoms with E-state index in [-0.39, 0.29) is 18.4 Å². The number of amides is 2. The van der Waals surface area contributed by atoms with Gasteiger partial charge in [0.05, 0.1) is 6.54 Å². The second kappa shape index (κ2) is 6.67. The van der Waals surface area contributed by atoms with Crippen LogP contribution in [0.1, 0.15) is 36.5 Å². The van der Waals surface area contributed by atoms with Crippen LogP contribution >= 0.6 is 0 Å². The van der Waals surface area contributed by atoms with E-state index >= 15 is 0 Å². The minimum Gasteiger partial charge on any atom is -0.355 e. The van der Waals surface area contributed by atoms with Gasteiger partial charge in [-0.2, -0.15) is 5.10 Å². The Kier molecular flexibility index (Phi) is 5.19. The van der Waals surface area contributed by atoms with E-state index in [0.717, 1.165) is 18.5 Å². The van der Waals surface area contributed by atoms with Crippen molar-refractivity contribution < 1.29 is 9.59 Å². The fourth-order valence-corrected chi connectivity index (χ4v) is 1.39. The number of carbonyl (C=O) groups is 2. The van der Waals surface area contributed by atoms with Crippen LogP contribution < -0.4 is 10.6 Å². The maximum atomic E-state index is 11.6. The average Bonchev–Trinajstić information content (AvgIpc) is 2.75. The lowest BCUT2D eigenvalue weighted by atomic mass is 10.2. The molecule has 2 amide bonds. The van der Waals surface area contributed by atoms with Gasteiger partial charge in [-0.05, 0) is 19.4 Å². The molecule has 0 aliphatic carbocycles. The molecule has 0 saturated heterocycles. The summed E-state index contributed by atoms with van der Waals surface area (Å²) in [5, 5.41) is 11.8. The Labute approximate surface area is 100 Å². The quantitative estimate of drug-likeness (QED) is 0.663. The predicted molar refractivity (Wildman–Crippen MR) is 63.6 cm³/mol. The molecule has 1 aromatic rings. The molecule has 1 rings (SSSR count). The second-order valence-corrected chi connectivity index (χ2v) is 3.66. The number of likely N-dealkylation sites (N-methyl/N-ethyl adjacent to an activating group) is 1. The monoisotopic (exact) mass is 238 g/mol. The fourth-order valence-electron chi connectivity index (χ4n) is 1.39. The van der Waals surface area contributed by atoms with Crippen LogP contribution in [0.25, 0.3) is 0 Å². The number of rotatable bonds is 6. The van der Waals surface area contributed by atoms with Gasteiger partial charge in [-0.3, -0.25) is 14.7 Å². The summed E-state index contributed by atoms with van der Waals surface area (Å²) in [5.41, 5.74) is 1.24. The average molecular weight is 238 g/mol. The number of aromatic amines is 1. The largest absolute Gasteiger partial charge is 0.355 e. The Bertz CT molecular complexity index is 387. The highest BCUT2D eigenvalue weighted by Crippen LogP contribution is 2.02. The molecule has 1 aromatic heterocycles. The first-order valence-electron chi connectivity index (χ1n) is 5.76. The zero-order valence-corrected chi connectivity index (χ0v) is 10.2.